The Kier molecular flexibility index (Phi) is 13.4. The third-order valence-corrected chi connectivity index (χ3v) is 6.98. The Morgan fingerprint density at radius 2 is 0.775 bits per heavy atom. The lowest BCUT2D eigenvalue weighted by Gasteiger charge is -2.25. The summed E-state index contributed by atoms with van der Waals surface area (Å²) in [6, 6.07) is 4.66. The highest BCUT2D eigenvalue weighted by atomic mass is 19.1. The van der Waals surface area contributed by atoms with E-state index in [1.807, 2.05) is 13.8 Å². The van der Waals surface area contributed by atoms with Crippen LogP contribution in [-0.2, 0) is 0 Å². The van der Waals surface area contributed by atoms with Gasteiger partial charge in [-0.3, -0.25) is 0 Å². The van der Waals surface area contributed by atoms with Crippen molar-refractivity contribution < 1.29 is 36.5 Å². The van der Waals surface area contributed by atoms with E-state index in [-0.39, 0.29) is 23.0 Å². The van der Waals surface area contributed by atoms with Crippen molar-refractivity contribution in [3.05, 3.63) is 47.5 Å². The largest absolute Gasteiger partial charge is 0.493 e. The topological polar surface area (TPSA) is 36.9 Å². The predicted octanol–water partition coefficient (Wildman–Crippen LogP) is 9.96. The highest BCUT2D eigenvalue weighted by Crippen LogP contribution is 2.32. The van der Waals surface area contributed by atoms with Crippen molar-refractivity contribution in [2.45, 2.75) is 117 Å². The van der Waals surface area contributed by atoms with Crippen LogP contribution in [0.2, 0.25) is 0 Å². The van der Waals surface area contributed by atoms with Crippen LogP contribution in [0.1, 0.15) is 106 Å². The highest BCUT2D eigenvalue weighted by molar-refractivity contribution is 5.36. The Balaban J connectivity index is 1.55. The maximum absolute atomic E-state index is 14.3. The first-order chi connectivity index (χ1) is 18.9. The zero-order valence-corrected chi connectivity index (χ0v) is 24.9. The third kappa shape index (κ3) is 11.5. The molecule has 0 aliphatic heterocycles. The minimum Gasteiger partial charge on any atom is -0.493 e. The summed E-state index contributed by atoms with van der Waals surface area (Å²) in [6.07, 6.45) is 9.01. The van der Waals surface area contributed by atoms with Crippen molar-refractivity contribution >= 4 is 0 Å². The van der Waals surface area contributed by atoms with Gasteiger partial charge in [-0.15, -0.1) is 0 Å². The number of unbranched alkanes of at least 4 members (excludes halogenated alkanes) is 7. The molecule has 0 saturated heterocycles. The van der Waals surface area contributed by atoms with Crippen LogP contribution in [0.4, 0.5) is 17.6 Å². The normalized spacial score (nSPS) is 11.9. The van der Waals surface area contributed by atoms with Crippen LogP contribution < -0.4 is 18.9 Å². The van der Waals surface area contributed by atoms with Crippen molar-refractivity contribution in [1.29, 1.82) is 0 Å². The smallest absolute Gasteiger partial charge is 0.191 e. The van der Waals surface area contributed by atoms with Crippen LogP contribution in [0.5, 0.6) is 23.0 Å². The Hall–Kier alpha value is -2.64. The van der Waals surface area contributed by atoms with Gasteiger partial charge in [0, 0.05) is 24.3 Å². The van der Waals surface area contributed by atoms with E-state index in [1.165, 1.54) is 24.3 Å². The Labute approximate surface area is 237 Å². The quantitative estimate of drug-likeness (QED) is 0.124. The van der Waals surface area contributed by atoms with Gasteiger partial charge in [0.25, 0.3) is 0 Å². The highest BCUT2D eigenvalue weighted by Gasteiger charge is 2.24. The van der Waals surface area contributed by atoms with Gasteiger partial charge in [0.05, 0.1) is 13.2 Å². The fourth-order valence-corrected chi connectivity index (χ4v) is 3.78. The molecule has 0 bridgehead atoms. The van der Waals surface area contributed by atoms with Gasteiger partial charge in [0.1, 0.15) is 22.7 Å². The lowest BCUT2D eigenvalue weighted by Crippen LogP contribution is -2.27. The SMILES string of the molecule is CCC(C)(C)Oc1c(F)cc(OCCCCCCCCCCOc2cc(F)c(OC(C)(C)CC)c(F)c2)cc1F. The van der Waals surface area contributed by atoms with Crippen molar-refractivity contribution in [1.82, 2.24) is 0 Å². The van der Waals surface area contributed by atoms with Gasteiger partial charge in [-0.1, -0.05) is 52.4 Å². The number of ether oxygens (including phenoxy) is 4. The molecule has 0 atom stereocenters. The molecule has 226 valence electrons. The van der Waals surface area contributed by atoms with Crippen molar-refractivity contribution in [3.8, 4) is 23.0 Å². The fraction of sp³-hybridized carbons (Fsp3) is 0.625. The Morgan fingerprint density at radius 3 is 1.05 bits per heavy atom. The summed E-state index contributed by atoms with van der Waals surface area (Å²) in [6.45, 7) is 11.7. The Morgan fingerprint density at radius 1 is 0.500 bits per heavy atom. The fourth-order valence-electron chi connectivity index (χ4n) is 3.78. The molecule has 8 heteroatoms. The predicted molar refractivity (Wildman–Crippen MR) is 151 cm³/mol. The van der Waals surface area contributed by atoms with Gasteiger partial charge in [-0.05, 0) is 53.4 Å². The molecule has 0 saturated carbocycles. The molecular weight excluding hydrogens is 524 g/mol. The molecule has 2 rings (SSSR count). The number of hydrogen-bond acceptors (Lipinski definition) is 4. The summed E-state index contributed by atoms with van der Waals surface area (Å²) in [5.74, 6) is -3.47. The molecular formula is C32H46F4O4. The summed E-state index contributed by atoms with van der Waals surface area (Å²) >= 11 is 0. The second-order valence-corrected chi connectivity index (χ2v) is 11.4. The van der Waals surface area contributed by atoms with Crippen LogP contribution in [0.15, 0.2) is 24.3 Å². The van der Waals surface area contributed by atoms with E-state index >= 15 is 0 Å². The van der Waals surface area contributed by atoms with Gasteiger partial charge in [-0.2, -0.15) is 0 Å². The standard InChI is InChI=1S/C32H46F4O4/c1-7-31(3,4)39-29-25(33)19-23(20-26(29)34)37-17-15-13-11-9-10-12-14-16-18-38-24-21-27(35)30(28(36)22-24)40-32(5,6)8-2/h19-22H,7-18H2,1-6H3. The molecule has 2 aromatic rings. The van der Waals surface area contributed by atoms with E-state index < -0.39 is 34.5 Å². The van der Waals surface area contributed by atoms with Crippen molar-refractivity contribution in [2.75, 3.05) is 13.2 Å². The van der Waals surface area contributed by atoms with E-state index in [4.69, 9.17) is 18.9 Å². The van der Waals surface area contributed by atoms with E-state index in [0.29, 0.717) is 26.1 Å². The molecule has 0 N–H and O–H groups in total. The summed E-state index contributed by atoms with van der Waals surface area (Å²) < 4.78 is 79.3. The molecule has 0 spiro atoms. The molecule has 0 fully saturated rings. The number of halogens is 4. The molecule has 0 unspecified atom stereocenters. The lowest BCUT2D eigenvalue weighted by atomic mass is 10.1. The third-order valence-electron chi connectivity index (χ3n) is 6.98. The lowest BCUT2D eigenvalue weighted by molar-refractivity contribution is 0.0929. The van der Waals surface area contributed by atoms with Gasteiger partial charge in [-0.25, -0.2) is 17.6 Å². The molecule has 0 radical (unpaired) electrons. The van der Waals surface area contributed by atoms with Gasteiger partial charge in [0.15, 0.2) is 34.8 Å². The number of hydrogen-bond donors (Lipinski definition) is 0. The maximum atomic E-state index is 14.3. The average Bonchev–Trinajstić information content (AvgIpc) is 2.89. The molecule has 0 aromatic heterocycles. The summed E-state index contributed by atoms with van der Waals surface area (Å²) in [5, 5.41) is 0. The zero-order chi connectivity index (χ0) is 29.8. The van der Waals surface area contributed by atoms with Gasteiger partial charge >= 0.3 is 0 Å². The molecule has 4 nitrogen and oxygen atoms in total. The molecule has 2 aromatic carbocycles. The monoisotopic (exact) mass is 570 g/mol. The van der Waals surface area contributed by atoms with Gasteiger partial charge in [0.2, 0.25) is 0 Å². The Bertz CT molecular complexity index is 926. The van der Waals surface area contributed by atoms with E-state index in [1.54, 1.807) is 27.7 Å². The molecule has 0 aliphatic rings. The van der Waals surface area contributed by atoms with E-state index in [0.717, 1.165) is 51.4 Å². The first-order valence-electron chi connectivity index (χ1n) is 14.5. The minimum absolute atomic E-state index is 0.161. The van der Waals surface area contributed by atoms with Crippen LogP contribution in [0, 0.1) is 23.3 Å². The number of rotatable bonds is 19. The van der Waals surface area contributed by atoms with E-state index in [9.17, 15) is 17.6 Å². The van der Waals surface area contributed by atoms with Crippen LogP contribution >= 0.6 is 0 Å². The molecule has 40 heavy (non-hydrogen) atoms. The molecule has 0 heterocycles. The van der Waals surface area contributed by atoms with Crippen molar-refractivity contribution in [2.24, 2.45) is 0 Å². The zero-order valence-electron chi connectivity index (χ0n) is 24.9. The summed E-state index contributed by atoms with van der Waals surface area (Å²) in [7, 11) is 0. The molecule has 0 amide bonds. The first kappa shape index (κ1) is 33.6. The number of benzene rings is 2. The second-order valence-electron chi connectivity index (χ2n) is 11.4. The minimum atomic E-state index is -0.764. The van der Waals surface area contributed by atoms with E-state index in [2.05, 4.69) is 0 Å². The van der Waals surface area contributed by atoms with Crippen LogP contribution in [0.3, 0.4) is 0 Å². The first-order valence-corrected chi connectivity index (χ1v) is 14.5. The summed E-state index contributed by atoms with van der Waals surface area (Å²) in [5.41, 5.74) is -1.32. The van der Waals surface area contributed by atoms with Gasteiger partial charge < -0.3 is 18.9 Å². The second kappa shape index (κ2) is 16.0. The van der Waals surface area contributed by atoms with Crippen LogP contribution in [0.25, 0.3) is 0 Å². The maximum Gasteiger partial charge on any atom is 0.191 e. The summed E-state index contributed by atoms with van der Waals surface area (Å²) in [4.78, 5) is 0. The molecule has 0 aliphatic carbocycles. The average molecular weight is 571 g/mol. The van der Waals surface area contributed by atoms with Crippen molar-refractivity contribution in [3.63, 3.8) is 0 Å². The van der Waals surface area contributed by atoms with Crippen LogP contribution in [-0.4, -0.2) is 24.4 Å².